The van der Waals surface area contributed by atoms with Gasteiger partial charge in [-0.15, -0.1) is 0 Å². The lowest BCUT2D eigenvalue weighted by molar-refractivity contribution is -0.141. The lowest BCUT2D eigenvalue weighted by Gasteiger charge is -2.10. The average molecular weight is 240 g/mol. The third kappa shape index (κ3) is 2.87. The van der Waals surface area contributed by atoms with Crippen LogP contribution in [0.4, 0.5) is 0 Å². The molecule has 0 saturated carbocycles. The van der Waals surface area contributed by atoms with Gasteiger partial charge in [0.15, 0.2) is 0 Å². The van der Waals surface area contributed by atoms with Crippen molar-refractivity contribution in [1.29, 1.82) is 0 Å². The molecular weight excluding hydrogens is 228 g/mol. The van der Waals surface area contributed by atoms with Crippen LogP contribution in [-0.4, -0.2) is 32.4 Å². The number of carboxylic acid groups (broad SMARTS) is 2. The monoisotopic (exact) mass is 240 g/mol. The molecule has 0 spiro atoms. The van der Waals surface area contributed by atoms with Gasteiger partial charge in [0.1, 0.15) is 17.1 Å². The van der Waals surface area contributed by atoms with E-state index in [9.17, 15) is 19.8 Å². The Balaban J connectivity index is 3.12. The summed E-state index contributed by atoms with van der Waals surface area (Å²) in [4.78, 5) is 21.4. The first kappa shape index (κ1) is 12.8. The molecule has 0 fully saturated rings. The lowest BCUT2D eigenvalue weighted by atomic mass is 9.98. The zero-order valence-electron chi connectivity index (χ0n) is 9.04. The summed E-state index contributed by atoms with van der Waals surface area (Å²) in [5, 5.41) is 36.2. The van der Waals surface area contributed by atoms with Gasteiger partial charge in [0.25, 0.3) is 0 Å². The highest BCUT2D eigenvalue weighted by atomic mass is 16.4. The molecule has 6 nitrogen and oxygen atoms in total. The highest BCUT2D eigenvalue weighted by molar-refractivity contribution is 5.91. The summed E-state index contributed by atoms with van der Waals surface area (Å²) in [7, 11) is 0. The van der Waals surface area contributed by atoms with Crippen LogP contribution in [0.1, 0.15) is 22.8 Å². The van der Waals surface area contributed by atoms with E-state index in [4.69, 9.17) is 10.2 Å². The Morgan fingerprint density at radius 2 is 1.76 bits per heavy atom. The van der Waals surface area contributed by atoms with Gasteiger partial charge in [-0.1, -0.05) is 6.92 Å². The maximum absolute atomic E-state index is 10.7. The van der Waals surface area contributed by atoms with Crippen molar-refractivity contribution in [1.82, 2.24) is 0 Å². The highest BCUT2D eigenvalue weighted by Crippen LogP contribution is 2.29. The smallest absolute Gasteiger partial charge is 0.339 e. The molecule has 92 valence electrons. The molecule has 0 aliphatic rings. The topological polar surface area (TPSA) is 115 Å². The first-order chi connectivity index (χ1) is 7.82. The standard InChI is InChI=1S/C11H12O6/c1-5(10(14)15)2-6-3-7(11(16)17)9(13)4-8(6)12/h3-5,12-13H,2H2,1H3,(H,14,15)(H,16,17). The molecule has 6 heteroatoms. The molecule has 0 saturated heterocycles. The molecule has 1 rings (SSSR count). The Morgan fingerprint density at radius 1 is 1.18 bits per heavy atom. The summed E-state index contributed by atoms with van der Waals surface area (Å²) in [5.74, 6) is -4.02. The molecule has 1 aromatic rings. The van der Waals surface area contributed by atoms with Gasteiger partial charge in [-0.25, -0.2) is 4.79 Å². The number of hydrogen-bond acceptors (Lipinski definition) is 4. The lowest BCUT2D eigenvalue weighted by Crippen LogP contribution is -2.12. The number of aromatic carboxylic acids is 1. The molecule has 0 aliphatic carbocycles. The predicted molar refractivity (Wildman–Crippen MR) is 57.2 cm³/mol. The largest absolute Gasteiger partial charge is 0.508 e. The van der Waals surface area contributed by atoms with Crippen LogP contribution in [0.25, 0.3) is 0 Å². The second kappa shape index (κ2) is 4.73. The third-order valence-electron chi connectivity index (χ3n) is 2.38. The number of benzene rings is 1. The molecule has 4 N–H and O–H groups in total. The molecule has 1 unspecified atom stereocenters. The van der Waals surface area contributed by atoms with Gasteiger partial charge >= 0.3 is 11.9 Å². The minimum Gasteiger partial charge on any atom is -0.508 e. The number of hydrogen-bond donors (Lipinski definition) is 4. The quantitative estimate of drug-likeness (QED) is 0.625. The average Bonchev–Trinajstić information content (AvgIpc) is 2.21. The third-order valence-corrected chi connectivity index (χ3v) is 2.38. The number of rotatable bonds is 4. The fourth-order valence-corrected chi connectivity index (χ4v) is 1.37. The molecule has 1 aromatic carbocycles. The van der Waals surface area contributed by atoms with Crippen molar-refractivity contribution in [2.75, 3.05) is 0 Å². The molecule has 0 aliphatic heterocycles. The number of phenols is 2. The Labute approximate surface area is 96.8 Å². The van der Waals surface area contributed by atoms with E-state index in [0.29, 0.717) is 0 Å². The zero-order valence-corrected chi connectivity index (χ0v) is 9.04. The molecule has 0 radical (unpaired) electrons. The fourth-order valence-electron chi connectivity index (χ4n) is 1.37. The van der Waals surface area contributed by atoms with E-state index in [1.165, 1.54) is 6.92 Å². The molecular formula is C11H12O6. The van der Waals surface area contributed by atoms with Crippen molar-refractivity contribution in [2.24, 2.45) is 5.92 Å². The molecule has 0 bridgehead atoms. The fraction of sp³-hybridized carbons (Fsp3) is 0.273. The van der Waals surface area contributed by atoms with Crippen molar-refractivity contribution < 1.29 is 30.0 Å². The van der Waals surface area contributed by atoms with Gasteiger partial charge in [0, 0.05) is 6.07 Å². The summed E-state index contributed by atoms with van der Waals surface area (Å²) < 4.78 is 0. The first-order valence-electron chi connectivity index (χ1n) is 4.84. The van der Waals surface area contributed by atoms with E-state index in [0.717, 1.165) is 12.1 Å². The summed E-state index contributed by atoms with van der Waals surface area (Å²) in [6.45, 7) is 1.44. The maximum atomic E-state index is 10.7. The molecule has 1 atom stereocenters. The molecule has 0 amide bonds. The van der Waals surface area contributed by atoms with Crippen molar-refractivity contribution in [2.45, 2.75) is 13.3 Å². The number of aliphatic carboxylic acids is 1. The molecule has 17 heavy (non-hydrogen) atoms. The van der Waals surface area contributed by atoms with Crippen molar-refractivity contribution >= 4 is 11.9 Å². The van der Waals surface area contributed by atoms with E-state index in [1.54, 1.807) is 0 Å². The van der Waals surface area contributed by atoms with Crippen LogP contribution in [0.2, 0.25) is 0 Å². The van der Waals surface area contributed by atoms with Crippen molar-refractivity contribution in [3.8, 4) is 11.5 Å². The van der Waals surface area contributed by atoms with Crippen LogP contribution in [0.3, 0.4) is 0 Å². The second-order valence-corrected chi connectivity index (χ2v) is 3.75. The van der Waals surface area contributed by atoms with E-state index in [-0.39, 0.29) is 23.3 Å². The maximum Gasteiger partial charge on any atom is 0.339 e. The highest BCUT2D eigenvalue weighted by Gasteiger charge is 2.18. The molecule has 0 heterocycles. The van der Waals surface area contributed by atoms with Gasteiger partial charge in [-0.2, -0.15) is 0 Å². The Hall–Kier alpha value is -2.24. The number of aromatic hydroxyl groups is 2. The number of carboxylic acids is 2. The van der Waals surface area contributed by atoms with Gasteiger partial charge in [0.2, 0.25) is 0 Å². The Bertz CT molecular complexity index is 465. The van der Waals surface area contributed by atoms with E-state index >= 15 is 0 Å². The van der Waals surface area contributed by atoms with Gasteiger partial charge in [-0.05, 0) is 18.1 Å². The van der Waals surface area contributed by atoms with E-state index in [2.05, 4.69) is 0 Å². The van der Waals surface area contributed by atoms with Gasteiger partial charge in [0.05, 0.1) is 5.92 Å². The van der Waals surface area contributed by atoms with Gasteiger partial charge in [-0.3, -0.25) is 4.79 Å². The van der Waals surface area contributed by atoms with Gasteiger partial charge < -0.3 is 20.4 Å². The van der Waals surface area contributed by atoms with E-state index < -0.39 is 23.6 Å². The summed E-state index contributed by atoms with van der Waals surface area (Å²) in [5.41, 5.74) is -0.189. The predicted octanol–water partition coefficient (Wildman–Crippen LogP) is 1.06. The number of phenolic OH excluding ortho intramolecular Hbond substituents is 1. The Morgan fingerprint density at radius 3 is 2.24 bits per heavy atom. The normalized spacial score (nSPS) is 12.1. The minimum absolute atomic E-state index is 0.0122. The summed E-state index contributed by atoms with van der Waals surface area (Å²) in [6.07, 6.45) is -0.0122. The van der Waals surface area contributed by atoms with E-state index in [1.807, 2.05) is 0 Å². The van der Waals surface area contributed by atoms with Crippen LogP contribution >= 0.6 is 0 Å². The Kier molecular flexibility index (Phi) is 3.57. The minimum atomic E-state index is -1.34. The SMILES string of the molecule is CC(Cc1cc(C(=O)O)c(O)cc1O)C(=O)O. The molecule has 0 aromatic heterocycles. The van der Waals surface area contributed by atoms with Crippen LogP contribution in [0, 0.1) is 5.92 Å². The van der Waals surface area contributed by atoms with Crippen LogP contribution in [0.5, 0.6) is 11.5 Å². The van der Waals surface area contributed by atoms with Crippen LogP contribution in [0.15, 0.2) is 12.1 Å². The van der Waals surface area contributed by atoms with Crippen molar-refractivity contribution in [3.63, 3.8) is 0 Å². The van der Waals surface area contributed by atoms with Crippen LogP contribution < -0.4 is 0 Å². The first-order valence-corrected chi connectivity index (χ1v) is 4.84. The number of carbonyl (C=O) groups is 2. The summed E-state index contributed by atoms with van der Waals surface area (Å²) >= 11 is 0. The van der Waals surface area contributed by atoms with Crippen molar-refractivity contribution in [3.05, 3.63) is 23.3 Å². The zero-order chi connectivity index (χ0) is 13.2. The summed E-state index contributed by atoms with van der Waals surface area (Å²) in [6, 6.07) is 1.97. The second-order valence-electron chi connectivity index (χ2n) is 3.75. The van der Waals surface area contributed by atoms with Crippen LogP contribution in [-0.2, 0) is 11.2 Å².